The Labute approximate surface area is 161 Å². The summed E-state index contributed by atoms with van der Waals surface area (Å²) in [5.41, 5.74) is 7.06. The molecule has 0 aliphatic heterocycles. The van der Waals surface area contributed by atoms with E-state index in [1.54, 1.807) is 25.1 Å². The van der Waals surface area contributed by atoms with E-state index in [-0.39, 0.29) is 5.91 Å². The molecule has 0 aliphatic carbocycles. The maximum atomic E-state index is 11.9. The van der Waals surface area contributed by atoms with Crippen molar-refractivity contribution in [3.05, 3.63) is 63.1 Å². The van der Waals surface area contributed by atoms with E-state index in [0.717, 1.165) is 15.8 Å². The number of benzene rings is 2. The molecule has 0 atom stereocenters. The molecule has 25 heavy (non-hydrogen) atoms. The Bertz CT molecular complexity index is 758. The maximum absolute atomic E-state index is 11.9. The monoisotopic (exact) mass is 420 g/mol. The molecule has 0 saturated carbocycles. The van der Waals surface area contributed by atoms with Gasteiger partial charge in [0.2, 0.25) is 5.91 Å². The highest BCUT2D eigenvalue weighted by atomic mass is 79.9. The van der Waals surface area contributed by atoms with E-state index in [1.807, 2.05) is 18.2 Å². The predicted octanol–water partition coefficient (Wildman–Crippen LogP) is 4.46. The van der Waals surface area contributed by atoms with Gasteiger partial charge >= 0.3 is 0 Å². The first-order chi connectivity index (χ1) is 12.0. The zero-order valence-electron chi connectivity index (χ0n) is 14.5. The molecule has 0 aromatic heterocycles. The standard InChI is InChI=1S/C19H21BrN2O2S/c1-13-6-14(2)8-15(7-13)11-25-12-19(23)22-21-10-16-9-17(20)4-5-18(16)24-3/h4-10H,11-12H2,1-3H3,(H,22,23)/b21-10-. The van der Waals surface area contributed by atoms with Gasteiger partial charge in [-0.3, -0.25) is 4.79 Å². The number of amides is 1. The second-order valence-electron chi connectivity index (χ2n) is 5.67. The summed E-state index contributed by atoms with van der Waals surface area (Å²) in [5, 5.41) is 4.01. The quantitative estimate of drug-likeness (QED) is 0.531. The number of nitrogens with zero attached hydrogens (tertiary/aromatic N) is 1. The molecule has 1 N–H and O–H groups in total. The van der Waals surface area contributed by atoms with Crippen molar-refractivity contribution in [2.24, 2.45) is 5.10 Å². The van der Waals surface area contributed by atoms with Crippen LogP contribution < -0.4 is 10.2 Å². The second-order valence-corrected chi connectivity index (χ2v) is 7.57. The smallest absolute Gasteiger partial charge is 0.250 e. The molecule has 0 unspecified atom stereocenters. The molecule has 2 aromatic rings. The number of rotatable bonds is 7. The van der Waals surface area contributed by atoms with Gasteiger partial charge in [0.15, 0.2) is 0 Å². The van der Waals surface area contributed by atoms with Crippen molar-refractivity contribution in [1.29, 1.82) is 0 Å². The van der Waals surface area contributed by atoms with Crippen LogP contribution in [0.1, 0.15) is 22.3 Å². The SMILES string of the molecule is COc1ccc(Br)cc1/C=N\NC(=O)CSCc1cc(C)cc(C)c1. The summed E-state index contributed by atoms with van der Waals surface area (Å²) in [6.07, 6.45) is 1.58. The van der Waals surface area contributed by atoms with Gasteiger partial charge < -0.3 is 4.74 Å². The van der Waals surface area contributed by atoms with Crippen LogP contribution in [0.25, 0.3) is 0 Å². The number of hydrogen-bond acceptors (Lipinski definition) is 4. The van der Waals surface area contributed by atoms with Crippen LogP contribution in [0.3, 0.4) is 0 Å². The molecule has 0 bridgehead atoms. The van der Waals surface area contributed by atoms with Crippen LogP contribution in [0.2, 0.25) is 0 Å². The molecule has 4 nitrogen and oxygen atoms in total. The minimum Gasteiger partial charge on any atom is -0.496 e. The minimum absolute atomic E-state index is 0.125. The fourth-order valence-corrected chi connectivity index (χ4v) is 3.56. The van der Waals surface area contributed by atoms with Gasteiger partial charge in [-0.1, -0.05) is 45.3 Å². The largest absolute Gasteiger partial charge is 0.496 e. The average Bonchev–Trinajstić information content (AvgIpc) is 2.54. The van der Waals surface area contributed by atoms with Crippen molar-refractivity contribution in [3.63, 3.8) is 0 Å². The van der Waals surface area contributed by atoms with Crippen molar-refractivity contribution >= 4 is 39.8 Å². The molecular weight excluding hydrogens is 400 g/mol. The summed E-state index contributed by atoms with van der Waals surface area (Å²) < 4.78 is 6.18. The Balaban J connectivity index is 1.81. The number of nitrogens with one attached hydrogen (secondary N) is 1. The molecule has 0 aliphatic rings. The zero-order chi connectivity index (χ0) is 18.2. The third-order valence-corrected chi connectivity index (χ3v) is 4.87. The number of aryl methyl sites for hydroxylation is 2. The normalized spacial score (nSPS) is 10.9. The second kappa shape index (κ2) is 9.63. The molecule has 2 rings (SSSR count). The molecule has 1 amide bonds. The third-order valence-electron chi connectivity index (χ3n) is 3.37. The van der Waals surface area contributed by atoms with Gasteiger partial charge in [0.25, 0.3) is 0 Å². The van der Waals surface area contributed by atoms with E-state index in [0.29, 0.717) is 11.5 Å². The Morgan fingerprint density at radius 3 is 2.64 bits per heavy atom. The topological polar surface area (TPSA) is 50.7 Å². The zero-order valence-corrected chi connectivity index (χ0v) is 16.9. The van der Waals surface area contributed by atoms with Gasteiger partial charge in [-0.2, -0.15) is 5.10 Å². The van der Waals surface area contributed by atoms with E-state index in [1.165, 1.54) is 16.7 Å². The highest BCUT2D eigenvalue weighted by Crippen LogP contribution is 2.21. The number of ether oxygens (including phenoxy) is 1. The van der Waals surface area contributed by atoms with E-state index < -0.39 is 0 Å². The van der Waals surface area contributed by atoms with Crippen LogP contribution >= 0.6 is 27.7 Å². The predicted molar refractivity (Wildman–Crippen MR) is 109 cm³/mol. The van der Waals surface area contributed by atoms with Crippen molar-refractivity contribution in [2.75, 3.05) is 12.9 Å². The summed E-state index contributed by atoms with van der Waals surface area (Å²) in [4.78, 5) is 11.9. The van der Waals surface area contributed by atoms with Crippen LogP contribution in [0.5, 0.6) is 5.75 Å². The molecular formula is C19H21BrN2O2S. The van der Waals surface area contributed by atoms with Gasteiger partial charge in [-0.25, -0.2) is 5.43 Å². The fourth-order valence-electron chi connectivity index (χ4n) is 2.43. The van der Waals surface area contributed by atoms with Crippen LogP contribution in [0.4, 0.5) is 0 Å². The molecule has 0 fully saturated rings. The number of methoxy groups -OCH3 is 1. The lowest BCUT2D eigenvalue weighted by molar-refractivity contribution is -0.118. The summed E-state index contributed by atoms with van der Waals surface area (Å²) in [6.45, 7) is 4.16. The fraction of sp³-hybridized carbons (Fsp3) is 0.263. The van der Waals surface area contributed by atoms with E-state index in [2.05, 4.69) is 58.5 Å². The Hall–Kier alpha value is -1.79. The molecule has 132 valence electrons. The first-order valence-electron chi connectivity index (χ1n) is 7.78. The van der Waals surface area contributed by atoms with Crippen LogP contribution in [-0.4, -0.2) is 25.0 Å². The molecule has 0 heterocycles. The average molecular weight is 421 g/mol. The van der Waals surface area contributed by atoms with Crippen molar-refractivity contribution in [3.8, 4) is 5.75 Å². The van der Waals surface area contributed by atoms with Crippen LogP contribution in [-0.2, 0) is 10.5 Å². The van der Waals surface area contributed by atoms with E-state index in [9.17, 15) is 4.79 Å². The number of halogens is 1. The third kappa shape index (κ3) is 6.55. The van der Waals surface area contributed by atoms with Gasteiger partial charge in [0.1, 0.15) is 5.75 Å². The lowest BCUT2D eigenvalue weighted by Crippen LogP contribution is -2.19. The number of carbonyl (C=O) groups excluding carboxylic acids is 1. The molecule has 2 aromatic carbocycles. The summed E-state index contributed by atoms with van der Waals surface area (Å²) in [7, 11) is 1.60. The minimum atomic E-state index is -0.125. The Kier molecular flexibility index (Phi) is 7.52. The van der Waals surface area contributed by atoms with Gasteiger partial charge in [-0.15, -0.1) is 11.8 Å². The van der Waals surface area contributed by atoms with Crippen LogP contribution in [0, 0.1) is 13.8 Å². The van der Waals surface area contributed by atoms with Crippen molar-refractivity contribution in [2.45, 2.75) is 19.6 Å². The van der Waals surface area contributed by atoms with E-state index in [4.69, 9.17) is 4.74 Å². The first-order valence-corrected chi connectivity index (χ1v) is 9.73. The Morgan fingerprint density at radius 1 is 1.24 bits per heavy atom. The molecule has 0 saturated heterocycles. The molecule has 0 radical (unpaired) electrons. The summed E-state index contributed by atoms with van der Waals surface area (Å²) in [5.74, 6) is 1.74. The van der Waals surface area contributed by atoms with E-state index >= 15 is 0 Å². The van der Waals surface area contributed by atoms with Gasteiger partial charge in [0, 0.05) is 15.8 Å². The lowest BCUT2D eigenvalue weighted by atomic mass is 10.1. The Morgan fingerprint density at radius 2 is 1.96 bits per heavy atom. The maximum Gasteiger partial charge on any atom is 0.250 e. The number of hydrazone groups is 1. The number of thioether (sulfide) groups is 1. The molecule has 0 spiro atoms. The van der Waals surface area contributed by atoms with Crippen molar-refractivity contribution in [1.82, 2.24) is 5.43 Å². The first kappa shape index (κ1) is 19.5. The van der Waals surface area contributed by atoms with Gasteiger partial charge in [0.05, 0.1) is 19.1 Å². The lowest BCUT2D eigenvalue weighted by Gasteiger charge is -2.05. The molecule has 6 heteroatoms. The van der Waals surface area contributed by atoms with Crippen molar-refractivity contribution < 1.29 is 9.53 Å². The highest BCUT2D eigenvalue weighted by molar-refractivity contribution is 9.10. The van der Waals surface area contributed by atoms with Gasteiger partial charge in [-0.05, 0) is 37.6 Å². The highest BCUT2D eigenvalue weighted by Gasteiger charge is 2.03. The number of carbonyl (C=O) groups is 1. The summed E-state index contributed by atoms with van der Waals surface area (Å²) in [6, 6.07) is 12.0. The number of hydrogen-bond donors (Lipinski definition) is 1. The summed E-state index contributed by atoms with van der Waals surface area (Å²) >= 11 is 4.97. The van der Waals surface area contributed by atoms with Crippen LogP contribution in [0.15, 0.2) is 46.0 Å².